The first-order valence-electron chi connectivity index (χ1n) is 5.28. The van der Waals surface area contributed by atoms with E-state index in [0.29, 0.717) is 12.1 Å². The molecule has 1 fully saturated rings. The van der Waals surface area contributed by atoms with Crippen LogP contribution in [0.2, 0.25) is 0 Å². The van der Waals surface area contributed by atoms with Crippen LogP contribution in [0.15, 0.2) is 18.2 Å². The SMILES string of the molecule is N#CC1CCCN1Cc1cc(F)ccc1F. The van der Waals surface area contributed by atoms with Gasteiger partial charge in [0.2, 0.25) is 0 Å². The monoisotopic (exact) mass is 222 g/mol. The summed E-state index contributed by atoms with van der Waals surface area (Å²) in [5.41, 5.74) is 0.321. The Morgan fingerprint density at radius 2 is 2.25 bits per heavy atom. The number of nitrogens with zero attached hydrogens (tertiary/aromatic N) is 2. The van der Waals surface area contributed by atoms with Crippen molar-refractivity contribution < 1.29 is 8.78 Å². The Morgan fingerprint density at radius 3 is 3.00 bits per heavy atom. The van der Waals surface area contributed by atoms with Crippen LogP contribution in [0, 0.1) is 23.0 Å². The van der Waals surface area contributed by atoms with Crippen molar-refractivity contribution in [2.45, 2.75) is 25.4 Å². The molecule has 0 saturated carbocycles. The van der Waals surface area contributed by atoms with Gasteiger partial charge in [0.25, 0.3) is 0 Å². The highest BCUT2D eigenvalue weighted by Crippen LogP contribution is 2.21. The second-order valence-corrected chi connectivity index (χ2v) is 3.99. The lowest BCUT2D eigenvalue weighted by molar-refractivity contribution is 0.281. The Bertz CT molecular complexity index is 426. The molecule has 4 heteroatoms. The quantitative estimate of drug-likeness (QED) is 0.768. The second-order valence-electron chi connectivity index (χ2n) is 3.99. The molecule has 16 heavy (non-hydrogen) atoms. The predicted octanol–water partition coefficient (Wildman–Crippen LogP) is 2.45. The van der Waals surface area contributed by atoms with Crippen molar-refractivity contribution in [1.29, 1.82) is 5.26 Å². The van der Waals surface area contributed by atoms with E-state index in [1.54, 1.807) is 0 Å². The molecular weight excluding hydrogens is 210 g/mol. The molecule has 0 spiro atoms. The lowest BCUT2D eigenvalue weighted by atomic mass is 10.2. The minimum atomic E-state index is -0.441. The summed E-state index contributed by atoms with van der Waals surface area (Å²) >= 11 is 0. The topological polar surface area (TPSA) is 27.0 Å². The maximum atomic E-state index is 13.4. The van der Waals surface area contributed by atoms with Gasteiger partial charge in [-0.25, -0.2) is 8.78 Å². The standard InChI is InChI=1S/C12H12F2N2/c13-10-3-4-12(14)9(6-10)8-16-5-1-2-11(16)7-15/h3-4,6,11H,1-2,5,8H2. The zero-order chi connectivity index (χ0) is 11.5. The molecule has 1 aromatic rings. The molecule has 0 aliphatic carbocycles. The third kappa shape index (κ3) is 2.20. The Balaban J connectivity index is 2.14. The maximum absolute atomic E-state index is 13.4. The first-order valence-corrected chi connectivity index (χ1v) is 5.28. The lowest BCUT2D eigenvalue weighted by Crippen LogP contribution is -2.27. The van der Waals surface area contributed by atoms with Crippen LogP contribution in [0.3, 0.4) is 0 Å². The number of rotatable bonds is 2. The van der Waals surface area contributed by atoms with Gasteiger partial charge < -0.3 is 0 Å². The van der Waals surface area contributed by atoms with Crippen LogP contribution in [0.1, 0.15) is 18.4 Å². The highest BCUT2D eigenvalue weighted by molar-refractivity contribution is 5.19. The number of hydrogen-bond donors (Lipinski definition) is 0. The van der Waals surface area contributed by atoms with Crippen molar-refractivity contribution in [2.75, 3.05) is 6.54 Å². The third-order valence-corrected chi connectivity index (χ3v) is 2.89. The van der Waals surface area contributed by atoms with E-state index in [4.69, 9.17) is 5.26 Å². The fraction of sp³-hybridized carbons (Fsp3) is 0.417. The van der Waals surface area contributed by atoms with Gasteiger partial charge in [0.15, 0.2) is 0 Å². The van der Waals surface area contributed by atoms with Gasteiger partial charge >= 0.3 is 0 Å². The Labute approximate surface area is 93.1 Å². The average Bonchev–Trinajstić information content (AvgIpc) is 2.71. The van der Waals surface area contributed by atoms with Gasteiger partial charge in [-0.2, -0.15) is 5.26 Å². The van der Waals surface area contributed by atoms with Crippen LogP contribution >= 0.6 is 0 Å². The van der Waals surface area contributed by atoms with Crippen molar-refractivity contribution in [3.05, 3.63) is 35.4 Å². The van der Waals surface area contributed by atoms with Crippen LogP contribution in [0.25, 0.3) is 0 Å². The Hall–Kier alpha value is -1.47. The number of halogens is 2. The molecule has 1 aliphatic rings. The highest BCUT2D eigenvalue weighted by Gasteiger charge is 2.24. The van der Waals surface area contributed by atoms with Crippen molar-refractivity contribution in [1.82, 2.24) is 4.90 Å². The van der Waals surface area contributed by atoms with Crippen molar-refractivity contribution in [3.63, 3.8) is 0 Å². The van der Waals surface area contributed by atoms with Crippen LogP contribution in [0.5, 0.6) is 0 Å². The summed E-state index contributed by atoms with van der Waals surface area (Å²) in [4.78, 5) is 1.89. The van der Waals surface area contributed by atoms with Gasteiger partial charge in [0, 0.05) is 12.1 Å². The van der Waals surface area contributed by atoms with Crippen molar-refractivity contribution >= 4 is 0 Å². The Morgan fingerprint density at radius 1 is 1.44 bits per heavy atom. The van der Waals surface area contributed by atoms with E-state index in [-0.39, 0.29) is 6.04 Å². The molecule has 0 amide bonds. The van der Waals surface area contributed by atoms with Gasteiger partial charge in [-0.3, -0.25) is 4.90 Å². The summed E-state index contributed by atoms with van der Waals surface area (Å²) in [6.45, 7) is 1.08. The summed E-state index contributed by atoms with van der Waals surface area (Å²) in [7, 11) is 0. The zero-order valence-corrected chi connectivity index (χ0v) is 8.79. The van der Waals surface area contributed by atoms with Gasteiger partial charge in [-0.05, 0) is 37.6 Å². The molecule has 1 saturated heterocycles. The van der Waals surface area contributed by atoms with Gasteiger partial charge in [0.1, 0.15) is 11.6 Å². The zero-order valence-electron chi connectivity index (χ0n) is 8.79. The molecule has 1 aromatic carbocycles. The molecule has 0 aromatic heterocycles. The van der Waals surface area contributed by atoms with Crippen LogP contribution in [-0.4, -0.2) is 17.5 Å². The van der Waals surface area contributed by atoms with Crippen LogP contribution < -0.4 is 0 Å². The minimum absolute atomic E-state index is 0.164. The van der Waals surface area contributed by atoms with Crippen molar-refractivity contribution in [2.24, 2.45) is 0 Å². The first-order chi connectivity index (χ1) is 7.70. The first kappa shape index (κ1) is 11.0. The van der Waals surface area contributed by atoms with Crippen molar-refractivity contribution in [3.8, 4) is 6.07 Å². The molecule has 1 unspecified atom stereocenters. The summed E-state index contributed by atoms with van der Waals surface area (Å²) in [6, 6.07) is 5.44. The molecule has 1 heterocycles. The van der Waals surface area contributed by atoms with E-state index >= 15 is 0 Å². The highest BCUT2D eigenvalue weighted by atomic mass is 19.1. The van der Waals surface area contributed by atoms with E-state index < -0.39 is 11.6 Å². The molecule has 2 rings (SSSR count). The molecule has 0 N–H and O–H groups in total. The summed E-state index contributed by atoms with van der Waals surface area (Å²) < 4.78 is 26.3. The molecule has 0 bridgehead atoms. The van der Waals surface area contributed by atoms with Crippen LogP contribution in [0.4, 0.5) is 8.78 Å². The number of likely N-dealkylation sites (tertiary alicyclic amines) is 1. The molecule has 1 atom stereocenters. The average molecular weight is 222 g/mol. The molecular formula is C12H12F2N2. The number of nitriles is 1. The van der Waals surface area contributed by atoms with E-state index in [9.17, 15) is 8.78 Å². The molecule has 84 valence electrons. The van der Waals surface area contributed by atoms with Gasteiger partial charge in [-0.15, -0.1) is 0 Å². The van der Waals surface area contributed by atoms with Crippen LogP contribution in [-0.2, 0) is 6.54 Å². The molecule has 1 aliphatic heterocycles. The normalized spacial score (nSPS) is 20.9. The lowest BCUT2D eigenvalue weighted by Gasteiger charge is -2.19. The van der Waals surface area contributed by atoms with E-state index in [0.717, 1.165) is 31.5 Å². The fourth-order valence-corrected chi connectivity index (χ4v) is 2.04. The third-order valence-electron chi connectivity index (χ3n) is 2.89. The van der Waals surface area contributed by atoms with Gasteiger partial charge in [-0.1, -0.05) is 0 Å². The second kappa shape index (κ2) is 4.58. The van der Waals surface area contributed by atoms with E-state index in [2.05, 4.69) is 6.07 Å². The summed E-state index contributed by atoms with van der Waals surface area (Å²) in [6.07, 6.45) is 1.75. The largest absolute Gasteiger partial charge is 0.284 e. The molecule has 0 radical (unpaired) electrons. The maximum Gasteiger partial charge on any atom is 0.127 e. The van der Waals surface area contributed by atoms with E-state index in [1.807, 2.05) is 4.90 Å². The Kier molecular flexibility index (Phi) is 3.16. The predicted molar refractivity (Wildman–Crippen MR) is 55.4 cm³/mol. The molecule has 2 nitrogen and oxygen atoms in total. The minimum Gasteiger partial charge on any atom is -0.284 e. The summed E-state index contributed by atoms with van der Waals surface area (Å²) in [5.74, 6) is -0.853. The number of hydrogen-bond acceptors (Lipinski definition) is 2. The smallest absolute Gasteiger partial charge is 0.127 e. The van der Waals surface area contributed by atoms with E-state index in [1.165, 1.54) is 6.07 Å². The fourth-order valence-electron chi connectivity index (χ4n) is 2.04. The van der Waals surface area contributed by atoms with Gasteiger partial charge in [0.05, 0.1) is 12.1 Å². The summed E-state index contributed by atoms with van der Waals surface area (Å²) in [5, 5.41) is 8.88. The number of benzene rings is 1.